The minimum atomic E-state index is -0.0934. The van der Waals surface area contributed by atoms with Crippen LogP contribution in [-0.2, 0) is 4.79 Å². The van der Waals surface area contributed by atoms with Crippen LogP contribution in [-0.4, -0.2) is 29.2 Å². The summed E-state index contributed by atoms with van der Waals surface area (Å²) in [6.45, 7) is 7.09. The number of ether oxygens (including phenoxy) is 1. The van der Waals surface area contributed by atoms with Crippen molar-refractivity contribution in [3.63, 3.8) is 0 Å². The molecule has 1 unspecified atom stereocenters. The Bertz CT molecular complexity index is 1010. The van der Waals surface area contributed by atoms with Gasteiger partial charge in [-0.3, -0.25) is 4.79 Å². The summed E-state index contributed by atoms with van der Waals surface area (Å²) in [5.41, 5.74) is 3.93. The third-order valence-corrected chi connectivity index (χ3v) is 5.00. The predicted molar refractivity (Wildman–Crippen MR) is 107 cm³/mol. The van der Waals surface area contributed by atoms with Crippen LogP contribution in [0.3, 0.4) is 0 Å². The van der Waals surface area contributed by atoms with Crippen LogP contribution in [0, 0.1) is 13.8 Å². The third-order valence-electron chi connectivity index (χ3n) is 5.00. The molecule has 4 rings (SSSR count). The van der Waals surface area contributed by atoms with E-state index in [1.165, 1.54) is 0 Å². The number of anilines is 1. The summed E-state index contributed by atoms with van der Waals surface area (Å²) in [7, 11) is 0. The van der Waals surface area contributed by atoms with Crippen LogP contribution in [0.1, 0.15) is 36.2 Å². The monoisotopic (exact) mass is 377 g/mol. The van der Waals surface area contributed by atoms with Gasteiger partial charge in [-0.05, 0) is 50.1 Å². The molecule has 2 aromatic carbocycles. The van der Waals surface area contributed by atoms with E-state index < -0.39 is 0 Å². The Morgan fingerprint density at radius 1 is 1.21 bits per heavy atom. The van der Waals surface area contributed by atoms with Crippen LogP contribution in [0.5, 0.6) is 5.75 Å². The van der Waals surface area contributed by atoms with E-state index in [9.17, 15) is 4.79 Å². The Balaban J connectivity index is 1.59. The first-order valence-corrected chi connectivity index (χ1v) is 9.50. The lowest BCUT2D eigenvalue weighted by Gasteiger charge is -2.19. The molecule has 6 nitrogen and oxygen atoms in total. The second-order valence-electron chi connectivity index (χ2n) is 7.08. The van der Waals surface area contributed by atoms with Gasteiger partial charge in [0, 0.05) is 24.6 Å². The standard InChI is InChI=1S/C22H23N3O3/c1-4-27-19-8-6-5-7-17(19)22-23-21(24-28-22)16-12-20(26)25(13-16)18-11-14(2)9-10-15(18)3/h5-11,16H,4,12-13H2,1-3H3. The Morgan fingerprint density at radius 3 is 2.86 bits per heavy atom. The zero-order valence-corrected chi connectivity index (χ0v) is 16.3. The highest BCUT2D eigenvalue weighted by molar-refractivity contribution is 5.97. The SMILES string of the molecule is CCOc1ccccc1-c1nc(C2CC(=O)N(c3cc(C)ccc3C)C2)no1. The molecule has 1 amide bonds. The zero-order chi connectivity index (χ0) is 19.7. The lowest BCUT2D eigenvalue weighted by atomic mass is 10.1. The first-order valence-electron chi connectivity index (χ1n) is 9.50. The third kappa shape index (κ3) is 3.38. The van der Waals surface area contributed by atoms with Gasteiger partial charge in [-0.15, -0.1) is 0 Å². The van der Waals surface area contributed by atoms with Crippen molar-refractivity contribution in [2.24, 2.45) is 0 Å². The van der Waals surface area contributed by atoms with E-state index in [0.29, 0.717) is 37.0 Å². The second kappa shape index (κ2) is 7.46. The van der Waals surface area contributed by atoms with Gasteiger partial charge < -0.3 is 14.2 Å². The average molecular weight is 377 g/mol. The van der Waals surface area contributed by atoms with Crippen molar-refractivity contribution >= 4 is 11.6 Å². The van der Waals surface area contributed by atoms with Crippen molar-refractivity contribution in [3.8, 4) is 17.2 Å². The maximum absolute atomic E-state index is 12.7. The van der Waals surface area contributed by atoms with Gasteiger partial charge in [0.25, 0.3) is 5.89 Å². The Hall–Kier alpha value is -3.15. The summed E-state index contributed by atoms with van der Waals surface area (Å²) in [6, 6.07) is 13.7. The van der Waals surface area contributed by atoms with Gasteiger partial charge in [-0.25, -0.2) is 0 Å². The number of aryl methyl sites for hydroxylation is 2. The number of aromatic nitrogens is 2. The van der Waals surface area contributed by atoms with Crippen LogP contribution < -0.4 is 9.64 Å². The highest BCUT2D eigenvalue weighted by Gasteiger charge is 2.35. The molecule has 1 aliphatic rings. The maximum atomic E-state index is 12.7. The number of nitrogens with zero attached hydrogens (tertiary/aromatic N) is 3. The van der Waals surface area contributed by atoms with Crippen LogP contribution in [0.4, 0.5) is 5.69 Å². The second-order valence-corrected chi connectivity index (χ2v) is 7.08. The Labute approximate surface area is 164 Å². The Kier molecular flexibility index (Phi) is 4.86. The van der Waals surface area contributed by atoms with Crippen molar-refractivity contribution in [3.05, 3.63) is 59.4 Å². The predicted octanol–water partition coefficient (Wildman–Crippen LogP) is 4.27. The molecule has 0 spiro atoms. The molecule has 1 fully saturated rings. The first kappa shape index (κ1) is 18.2. The fraction of sp³-hybridized carbons (Fsp3) is 0.318. The molecular weight excluding hydrogens is 354 g/mol. The maximum Gasteiger partial charge on any atom is 0.261 e. The number of para-hydroxylation sites is 1. The van der Waals surface area contributed by atoms with Gasteiger partial charge in [0.1, 0.15) is 5.75 Å². The number of carbonyl (C=O) groups excluding carboxylic acids is 1. The molecule has 0 N–H and O–H groups in total. The first-order chi connectivity index (χ1) is 13.6. The van der Waals surface area contributed by atoms with Gasteiger partial charge in [0.15, 0.2) is 5.82 Å². The highest BCUT2D eigenvalue weighted by Crippen LogP contribution is 2.34. The number of carbonyl (C=O) groups is 1. The molecule has 0 bridgehead atoms. The van der Waals surface area contributed by atoms with Gasteiger partial charge in [-0.2, -0.15) is 4.98 Å². The molecule has 28 heavy (non-hydrogen) atoms. The lowest BCUT2D eigenvalue weighted by molar-refractivity contribution is -0.117. The number of amides is 1. The molecule has 0 saturated carbocycles. The summed E-state index contributed by atoms with van der Waals surface area (Å²) in [6.07, 6.45) is 0.374. The number of hydrogen-bond donors (Lipinski definition) is 0. The number of rotatable bonds is 5. The average Bonchev–Trinajstić information content (AvgIpc) is 3.31. The van der Waals surface area contributed by atoms with E-state index >= 15 is 0 Å². The molecule has 1 aromatic heterocycles. The summed E-state index contributed by atoms with van der Waals surface area (Å²) in [5, 5.41) is 4.16. The van der Waals surface area contributed by atoms with Gasteiger partial charge >= 0.3 is 0 Å². The quantitative estimate of drug-likeness (QED) is 0.664. The zero-order valence-electron chi connectivity index (χ0n) is 16.3. The molecule has 1 atom stereocenters. The minimum absolute atomic E-state index is 0.0831. The van der Waals surface area contributed by atoms with Crippen LogP contribution in [0.2, 0.25) is 0 Å². The molecule has 6 heteroatoms. The molecule has 1 aliphatic heterocycles. The minimum Gasteiger partial charge on any atom is -0.493 e. The highest BCUT2D eigenvalue weighted by atomic mass is 16.5. The largest absolute Gasteiger partial charge is 0.493 e. The Morgan fingerprint density at radius 2 is 2.04 bits per heavy atom. The van der Waals surface area contributed by atoms with Crippen molar-refractivity contribution in [2.75, 3.05) is 18.1 Å². The summed E-state index contributed by atoms with van der Waals surface area (Å²) in [4.78, 5) is 19.1. The van der Waals surface area contributed by atoms with Crippen molar-refractivity contribution in [2.45, 2.75) is 33.1 Å². The van der Waals surface area contributed by atoms with Gasteiger partial charge in [0.05, 0.1) is 12.2 Å². The van der Waals surface area contributed by atoms with Crippen LogP contribution in [0.25, 0.3) is 11.5 Å². The van der Waals surface area contributed by atoms with E-state index in [-0.39, 0.29) is 11.8 Å². The molecule has 1 saturated heterocycles. The summed E-state index contributed by atoms with van der Waals surface area (Å²) in [5.74, 6) is 1.67. The van der Waals surface area contributed by atoms with E-state index in [0.717, 1.165) is 22.4 Å². The number of benzene rings is 2. The van der Waals surface area contributed by atoms with Gasteiger partial charge in [-0.1, -0.05) is 29.4 Å². The van der Waals surface area contributed by atoms with Crippen LogP contribution in [0.15, 0.2) is 47.0 Å². The van der Waals surface area contributed by atoms with Gasteiger partial charge in [0.2, 0.25) is 5.91 Å². The van der Waals surface area contributed by atoms with E-state index in [1.807, 2.05) is 56.0 Å². The molecule has 2 heterocycles. The smallest absolute Gasteiger partial charge is 0.261 e. The molecular formula is C22H23N3O3. The fourth-order valence-corrected chi connectivity index (χ4v) is 3.56. The van der Waals surface area contributed by atoms with E-state index in [4.69, 9.17) is 9.26 Å². The van der Waals surface area contributed by atoms with Crippen LogP contribution >= 0.6 is 0 Å². The van der Waals surface area contributed by atoms with E-state index in [2.05, 4.69) is 22.3 Å². The fourth-order valence-electron chi connectivity index (χ4n) is 3.56. The molecule has 0 radical (unpaired) electrons. The topological polar surface area (TPSA) is 68.5 Å². The van der Waals surface area contributed by atoms with Crippen molar-refractivity contribution < 1.29 is 14.1 Å². The molecule has 3 aromatic rings. The van der Waals surface area contributed by atoms with E-state index in [1.54, 1.807) is 0 Å². The number of hydrogen-bond acceptors (Lipinski definition) is 5. The van der Waals surface area contributed by atoms with Crippen molar-refractivity contribution in [1.29, 1.82) is 0 Å². The molecule has 144 valence electrons. The summed E-state index contributed by atoms with van der Waals surface area (Å²) >= 11 is 0. The molecule has 0 aliphatic carbocycles. The lowest BCUT2D eigenvalue weighted by Crippen LogP contribution is -2.25. The summed E-state index contributed by atoms with van der Waals surface area (Å²) < 4.78 is 11.2. The van der Waals surface area contributed by atoms with Crippen molar-refractivity contribution in [1.82, 2.24) is 10.1 Å². The normalized spacial score (nSPS) is 16.6.